The van der Waals surface area contributed by atoms with Gasteiger partial charge in [0.15, 0.2) is 0 Å². The third kappa shape index (κ3) is 3.65. The van der Waals surface area contributed by atoms with E-state index in [9.17, 15) is 9.90 Å². The van der Waals surface area contributed by atoms with Crippen molar-refractivity contribution in [3.8, 4) is 5.75 Å². The Morgan fingerprint density at radius 1 is 1.47 bits per heavy atom. The zero-order valence-corrected chi connectivity index (χ0v) is 9.73. The van der Waals surface area contributed by atoms with Crippen molar-refractivity contribution in [2.75, 3.05) is 0 Å². The summed E-state index contributed by atoms with van der Waals surface area (Å²) in [6.07, 6.45) is 3.25. The first-order valence-electron chi connectivity index (χ1n) is 5.13. The summed E-state index contributed by atoms with van der Waals surface area (Å²) in [5, 5.41) is 12.0. The first-order valence-corrected chi connectivity index (χ1v) is 5.13. The molecule has 1 amide bonds. The van der Waals surface area contributed by atoms with E-state index in [1.807, 2.05) is 0 Å². The minimum atomic E-state index is -0.294. The third-order valence-electron chi connectivity index (χ3n) is 2.10. The van der Waals surface area contributed by atoms with E-state index in [2.05, 4.69) is 18.5 Å². The van der Waals surface area contributed by atoms with Gasteiger partial charge in [-0.1, -0.05) is 25.3 Å². The lowest BCUT2D eigenvalue weighted by molar-refractivity contribution is 0.0966. The lowest BCUT2D eigenvalue weighted by Crippen LogP contribution is -2.23. The molecule has 0 saturated carbocycles. The van der Waals surface area contributed by atoms with Gasteiger partial charge in [-0.3, -0.25) is 4.79 Å². The van der Waals surface area contributed by atoms with E-state index in [0.29, 0.717) is 11.3 Å². The number of phenols is 1. The van der Waals surface area contributed by atoms with E-state index in [1.165, 1.54) is 12.1 Å². The number of carbonyl (C=O) groups is 1. The van der Waals surface area contributed by atoms with Gasteiger partial charge in [0.2, 0.25) is 0 Å². The molecule has 3 heteroatoms. The average Bonchev–Trinajstić information content (AvgIpc) is 2.28. The fourth-order valence-corrected chi connectivity index (χ4v) is 1.25. The Kier molecular flexibility index (Phi) is 4.29. The van der Waals surface area contributed by atoms with E-state index < -0.39 is 0 Å². The Morgan fingerprint density at radius 3 is 2.71 bits per heavy atom. The van der Waals surface area contributed by atoms with E-state index in [0.717, 1.165) is 5.57 Å². The van der Waals surface area contributed by atoms with Crippen LogP contribution < -0.4 is 5.32 Å². The molecule has 0 aliphatic rings. The van der Waals surface area contributed by atoms with E-state index in [4.69, 9.17) is 0 Å². The van der Waals surface area contributed by atoms with E-state index >= 15 is 0 Å². The molecule has 17 heavy (non-hydrogen) atoms. The largest absolute Gasteiger partial charge is 0.508 e. The molecule has 3 nitrogen and oxygen atoms in total. The molecular weight excluding hydrogens is 214 g/mol. The Balaban J connectivity index is 2.88. The maximum Gasteiger partial charge on any atom is 0.255 e. The average molecular weight is 229 g/mol. The Morgan fingerprint density at radius 2 is 2.18 bits per heavy atom. The Bertz CT molecular complexity index is 487. The van der Waals surface area contributed by atoms with Gasteiger partial charge >= 0.3 is 0 Å². The number of rotatable bonds is 4. The number of benzene rings is 1. The van der Waals surface area contributed by atoms with Crippen LogP contribution in [0.25, 0.3) is 0 Å². The Labute approximate surface area is 101 Å². The highest BCUT2D eigenvalue weighted by Gasteiger charge is 2.08. The van der Waals surface area contributed by atoms with Gasteiger partial charge in [0.25, 0.3) is 5.91 Å². The summed E-state index contributed by atoms with van der Waals surface area (Å²) >= 11 is 0. The standard InChI is InChI=1S/C14H15NO2/c1-4-6-13(10(2)3)15-14(17)11-7-5-8-12(16)9-11/h4-9,16H,1-2H2,3H3,(H,15,17)/b13-6+. The smallest absolute Gasteiger partial charge is 0.255 e. The molecule has 0 bridgehead atoms. The van der Waals surface area contributed by atoms with Gasteiger partial charge in [-0.15, -0.1) is 0 Å². The van der Waals surface area contributed by atoms with Crippen molar-refractivity contribution in [1.82, 2.24) is 5.32 Å². The summed E-state index contributed by atoms with van der Waals surface area (Å²) < 4.78 is 0. The molecule has 1 rings (SSSR count). The summed E-state index contributed by atoms with van der Waals surface area (Å²) in [6, 6.07) is 6.15. The number of aromatic hydroxyl groups is 1. The van der Waals surface area contributed by atoms with Crippen LogP contribution in [0.3, 0.4) is 0 Å². The fraction of sp³-hybridized carbons (Fsp3) is 0.0714. The number of amides is 1. The third-order valence-corrected chi connectivity index (χ3v) is 2.10. The van der Waals surface area contributed by atoms with Crippen LogP contribution in [0.1, 0.15) is 17.3 Å². The zero-order valence-electron chi connectivity index (χ0n) is 9.73. The van der Waals surface area contributed by atoms with Crippen LogP contribution in [0.15, 0.2) is 60.8 Å². The lowest BCUT2D eigenvalue weighted by atomic mass is 10.1. The molecule has 0 saturated heterocycles. The molecule has 2 N–H and O–H groups in total. The van der Waals surface area contributed by atoms with Gasteiger partial charge in [0.1, 0.15) is 5.75 Å². The van der Waals surface area contributed by atoms with Gasteiger partial charge in [-0.05, 0) is 36.8 Å². The van der Waals surface area contributed by atoms with Crippen molar-refractivity contribution in [1.29, 1.82) is 0 Å². The van der Waals surface area contributed by atoms with Gasteiger partial charge < -0.3 is 10.4 Å². The Hall–Kier alpha value is -2.29. The molecular formula is C14H15NO2. The van der Waals surface area contributed by atoms with Crippen molar-refractivity contribution >= 4 is 5.91 Å². The van der Waals surface area contributed by atoms with Crippen LogP contribution in [0.5, 0.6) is 5.75 Å². The quantitative estimate of drug-likeness (QED) is 0.780. The topological polar surface area (TPSA) is 49.3 Å². The van der Waals surface area contributed by atoms with Crippen molar-refractivity contribution in [2.45, 2.75) is 6.92 Å². The second-order valence-electron chi connectivity index (χ2n) is 3.60. The molecule has 0 aliphatic carbocycles. The maximum absolute atomic E-state index is 11.8. The second-order valence-corrected chi connectivity index (χ2v) is 3.60. The molecule has 1 aromatic carbocycles. The van der Waals surface area contributed by atoms with Crippen LogP contribution in [0.4, 0.5) is 0 Å². The van der Waals surface area contributed by atoms with Crippen LogP contribution in [0.2, 0.25) is 0 Å². The van der Waals surface area contributed by atoms with Crippen LogP contribution >= 0.6 is 0 Å². The molecule has 0 heterocycles. The van der Waals surface area contributed by atoms with E-state index in [-0.39, 0.29) is 11.7 Å². The number of phenolic OH excluding ortho intramolecular Hbond substituents is 1. The molecule has 1 aromatic rings. The fourth-order valence-electron chi connectivity index (χ4n) is 1.25. The summed E-state index contributed by atoms with van der Waals surface area (Å²) in [4.78, 5) is 11.8. The first-order chi connectivity index (χ1) is 8.04. The van der Waals surface area contributed by atoms with Crippen LogP contribution in [-0.4, -0.2) is 11.0 Å². The van der Waals surface area contributed by atoms with Gasteiger partial charge in [0.05, 0.1) is 0 Å². The van der Waals surface area contributed by atoms with Crippen LogP contribution in [-0.2, 0) is 0 Å². The van der Waals surface area contributed by atoms with Crippen molar-refractivity contribution in [3.63, 3.8) is 0 Å². The minimum Gasteiger partial charge on any atom is -0.508 e. The summed E-state index contributed by atoms with van der Waals surface area (Å²) in [5.41, 5.74) is 1.73. The molecule has 0 unspecified atom stereocenters. The molecule has 0 fully saturated rings. The zero-order chi connectivity index (χ0) is 12.8. The molecule has 0 atom stereocenters. The first kappa shape index (κ1) is 12.8. The predicted molar refractivity (Wildman–Crippen MR) is 68.7 cm³/mol. The SMILES string of the molecule is C=C/C=C(/NC(=O)c1cccc(O)c1)C(=C)C. The summed E-state index contributed by atoms with van der Waals surface area (Å²) in [6.45, 7) is 9.12. The van der Waals surface area contributed by atoms with E-state index in [1.54, 1.807) is 31.2 Å². The van der Waals surface area contributed by atoms with Gasteiger partial charge in [0, 0.05) is 11.3 Å². The highest BCUT2D eigenvalue weighted by Crippen LogP contribution is 2.12. The molecule has 0 radical (unpaired) electrons. The molecule has 0 aliphatic heterocycles. The number of nitrogens with one attached hydrogen (secondary N) is 1. The number of hydrogen-bond acceptors (Lipinski definition) is 2. The summed E-state index contributed by atoms with van der Waals surface area (Å²) in [7, 11) is 0. The highest BCUT2D eigenvalue weighted by atomic mass is 16.3. The van der Waals surface area contributed by atoms with Crippen molar-refractivity contribution < 1.29 is 9.90 Å². The predicted octanol–water partition coefficient (Wildman–Crippen LogP) is 2.77. The summed E-state index contributed by atoms with van der Waals surface area (Å²) in [5.74, 6) is -0.237. The van der Waals surface area contributed by atoms with Crippen molar-refractivity contribution in [3.05, 3.63) is 66.4 Å². The van der Waals surface area contributed by atoms with Gasteiger partial charge in [-0.25, -0.2) is 0 Å². The van der Waals surface area contributed by atoms with Gasteiger partial charge in [-0.2, -0.15) is 0 Å². The number of hydrogen-bond donors (Lipinski definition) is 2. The lowest BCUT2D eigenvalue weighted by Gasteiger charge is -2.09. The minimum absolute atomic E-state index is 0.0576. The second kappa shape index (κ2) is 5.70. The normalized spacial score (nSPS) is 10.8. The maximum atomic E-state index is 11.8. The number of carbonyl (C=O) groups excluding carboxylic acids is 1. The van der Waals surface area contributed by atoms with Crippen molar-refractivity contribution in [2.24, 2.45) is 0 Å². The highest BCUT2D eigenvalue weighted by molar-refractivity contribution is 5.96. The number of allylic oxidation sites excluding steroid dienone is 3. The molecule has 0 spiro atoms. The molecule has 88 valence electrons. The molecule has 0 aromatic heterocycles. The monoisotopic (exact) mass is 229 g/mol. The van der Waals surface area contributed by atoms with Crippen LogP contribution in [0, 0.1) is 0 Å².